The van der Waals surface area contributed by atoms with E-state index < -0.39 is 0 Å². The van der Waals surface area contributed by atoms with Gasteiger partial charge in [-0.25, -0.2) is 4.79 Å². The van der Waals surface area contributed by atoms with Crippen molar-refractivity contribution in [1.82, 2.24) is 9.13 Å². The van der Waals surface area contributed by atoms with Gasteiger partial charge in [0.1, 0.15) is 0 Å². The molecular formula is C12H21ClN2O. The Morgan fingerprint density at radius 2 is 1.88 bits per heavy atom. The van der Waals surface area contributed by atoms with Crippen molar-refractivity contribution in [3.05, 3.63) is 22.9 Å². The summed E-state index contributed by atoms with van der Waals surface area (Å²) in [6, 6.07) is 0. The Kier molecular flexibility index (Phi) is 5.67. The SMILES string of the molecule is CCCn1ccn(CCC(C)CCCl)c1=O. The minimum absolute atomic E-state index is 0.111. The first-order valence-corrected chi connectivity index (χ1v) is 6.54. The van der Waals surface area contributed by atoms with E-state index in [4.69, 9.17) is 11.6 Å². The quantitative estimate of drug-likeness (QED) is 0.678. The molecule has 16 heavy (non-hydrogen) atoms. The third-order valence-electron chi connectivity index (χ3n) is 2.85. The molecule has 0 bridgehead atoms. The van der Waals surface area contributed by atoms with Gasteiger partial charge >= 0.3 is 5.69 Å². The fraction of sp³-hybridized carbons (Fsp3) is 0.750. The van der Waals surface area contributed by atoms with Gasteiger partial charge in [0.2, 0.25) is 0 Å². The van der Waals surface area contributed by atoms with Gasteiger partial charge in [0.25, 0.3) is 0 Å². The molecule has 0 aromatic carbocycles. The van der Waals surface area contributed by atoms with E-state index >= 15 is 0 Å². The maximum Gasteiger partial charge on any atom is 0.328 e. The Balaban J connectivity index is 2.51. The van der Waals surface area contributed by atoms with Crippen molar-refractivity contribution in [2.24, 2.45) is 5.92 Å². The summed E-state index contributed by atoms with van der Waals surface area (Å²) in [7, 11) is 0. The monoisotopic (exact) mass is 244 g/mol. The lowest BCUT2D eigenvalue weighted by molar-refractivity contribution is 0.460. The van der Waals surface area contributed by atoms with Crippen LogP contribution in [-0.4, -0.2) is 15.0 Å². The van der Waals surface area contributed by atoms with E-state index in [1.807, 2.05) is 12.4 Å². The maximum atomic E-state index is 11.8. The van der Waals surface area contributed by atoms with Crippen molar-refractivity contribution in [2.75, 3.05) is 5.88 Å². The molecule has 1 aromatic heterocycles. The average Bonchev–Trinajstić information content (AvgIpc) is 2.59. The van der Waals surface area contributed by atoms with Crippen LogP contribution in [-0.2, 0) is 13.1 Å². The molecule has 0 aliphatic rings. The van der Waals surface area contributed by atoms with Gasteiger partial charge in [-0.3, -0.25) is 9.13 Å². The smallest absolute Gasteiger partial charge is 0.299 e. The van der Waals surface area contributed by atoms with E-state index in [9.17, 15) is 4.79 Å². The highest BCUT2D eigenvalue weighted by atomic mass is 35.5. The van der Waals surface area contributed by atoms with E-state index in [1.54, 1.807) is 9.13 Å². The van der Waals surface area contributed by atoms with Crippen LogP contribution < -0.4 is 5.69 Å². The van der Waals surface area contributed by atoms with Crippen LogP contribution in [0.15, 0.2) is 17.2 Å². The standard InChI is InChI=1S/C12H21ClN2O/c1-3-7-14-9-10-15(12(14)16)8-5-11(2)4-6-13/h9-11H,3-8H2,1-2H3. The Morgan fingerprint density at radius 1 is 1.25 bits per heavy atom. The highest BCUT2D eigenvalue weighted by molar-refractivity contribution is 6.17. The molecule has 0 saturated carbocycles. The summed E-state index contributed by atoms with van der Waals surface area (Å²) in [5, 5.41) is 0. The van der Waals surface area contributed by atoms with Gasteiger partial charge in [0, 0.05) is 31.4 Å². The lowest BCUT2D eigenvalue weighted by Gasteiger charge is -2.08. The number of imidazole rings is 1. The molecule has 1 rings (SSSR count). The van der Waals surface area contributed by atoms with Crippen LogP contribution in [0, 0.1) is 5.92 Å². The van der Waals surface area contributed by atoms with Crippen LogP contribution in [0.3, 0.4) is 0 Å². The van der Waals surface area contributed by atoms with Gasteiger partial charge in [-0.1, -0.05) is 13.8 Å². The second-order valence-corrected chi connectivity index (χ2v) is 4.72. The Labute approximate surface area is 102 Å². The molecule has 0 radical (unpaired) electrons. The molecular weight excluding hydrogens is 224 g/mol. The van der Waals surface area contributed by atoms with E-state index in [0.29, 0.717) is 11.8 Å². The van der Waals surface area contributed by atoms with Crippen LogP contribution in [0.1, 0.15) is 33.1 Å². The largest absolute Gasteiger partial charge is 0.328 e. The summed E-state index contributed by atoms with van der Waals surface area (Å²) in [6.45, 7) is 5.86. The minimum Gasteiger partial charge on any atom is -0.299 e. The lowest BCUT2D eigenvalue weighted by Crippen LogP contribution is -2.24. The molecule has 0 aliphatic carbocycles. The number of aromatic nitrogens is 2. The molecule has 4 heteroatoms. The number of hydrogen-bond donors (Lipinski definition) is 0. The van der Waals surface area contributed by atoms with Crippen molar-refractivity contribution < 1.29 is 0 Å². The zero-order valence-corrected chi connectivity index (χ0v) is 10.9. The number of hydrogen-bond acceptors (Lipinski definition) is 1. The van der Waals surface area contributed by atoms with Crippen molar-refractivity contribution in [3.63, 3.8) is 0 Å². The summed E-state index contributed by atoms with van der Waals surface area (Å²) in [5.74, 6) is 1.28. The molecule has 0 aliphatic heterocycles. The van der Waals surface area contributed by atoms with Crippen molar-refractivity contribution in [3.8, 4) is 0 Å². The topological polar surface area (TPSA) is 26.9 Å². The second kappa shape index (κ2) is 6.79. The van der Waals surface area contributed by atoms with Crippen molar-refractivity contribution in [2.45, 2.75) is 46.2 Å². The molecule has 3 nitrogen and oxygen atoms in total. The molecule has 1 aromatic rings. The van der Waals surface area contributed by atoms with Gasteiger partial charge in [-0.15, -0.1) is 11.6 Å². The predicted molar refractivity (Wildman–Crippen MR) is 68.1 cm³/mol. The normalized spacial score (nSPS) is 12.9. The molecule has 0 N–H and O–H groups in total. The van der Waals surface area contributed by atoms with Crippen LogP contribution in [0.4, 0.5) is 0 Å². The Bertz CT molecular complexity index is 356. The number of nitrogens with zero attached hydrogens (tertiary/aromatic N) is 2. The van der Waals surface area contributed by atoms with Crippen molar-refractivity contribution >= 4 is 11.6 Å². The second-order valence-electron chi connectivity index (χ2n) is 4.34. The first kappa shape index (κ1) is 13.4. The van der Waals surface area contributed by atoms with E-state index in [1.165, 1.54) is 0 Å². The van der Waals surface area contributed by atoms with Gasteiger partial charge in [-0.05, 0) is 25.2 Å². The fourth-order valence-corrected chi connectivity index (χ4v) is 2.10. The van der Waals surface area contributed by atoms with Crippen molar-refractivity contribution in [1.29, 1.82) is 0 Å². The zero-order chi connectivity index (χ0) is 12.0. The summed E-state index contributed by atoms with van der Waals surface area (Å²) in [5.41, 5.74) is 0.111. The predicted octanol–water partition coefficient (Wildman–Crippen LogP) is 2.71. The minimum atomic E-state index is 0.111. The Hall–Kier alpha value is -0.700. The summed E-state index contributed by atoms with van der Waals surface area (Å²) in [6.07, 6.45) is 6.78. The number of alkyl halides is 1. The summed E-state index contributed by atoms with van der Waals surface area (Å²) >= 11 is 5.68. The maximum absolute atomic E-state index is 11.8. The Morgan fingerprint density at radius 3 is 2.44 bits per heavy atom. The molecule has 0 spiro atoms. The third kappa shape index (κ3) is 3.71. The molecule has 0 fully saturated rings. The molecule has 92 valence electrons. The summed E-state index contributed by atoms with van der Waals surface area (Å²) in [4.78, 5) is 11.8. The van der Waals surface area contributed by atoms with Gasteiger partial charge < -0.3 is 0 Å². The molecule has 1 atom stereocenters. The molecule has 1 unspecified atom stereocenters. The lowest BCUT2D eigenvalue weighted by atomic mass is 10.1. The highest BCUT2D eigenvalue weighted by Crippen LogP contribution is 2.09. The van der Waals surface area contributed by atoms with Crippen LogP contribution in [0.25, 0.3) is 0 Å². The van der Waals surface area contributed by atoms with E-state index in [-0.39, 0.29) is 5.69 Å². The summed E-state index contributed by atoms with van der Waals surface area (Å²) < 4.78 is 3.56. The van der Waals surface area contributed by atoms with E-state index in [0.717, 1.165) is 32.4 Å². The third-order valence-corrected chi connectivity index (χ3v) is 3.07. The van der Waals surface area contributed by atoms with Crippen LogP contribution in [0.2, 0.25) is 0 Å². The van der Waals surface area contributed by atoms with Crippen LogP contribution in [0.5, 0.6) is 0 Å². The van der Waals surface area contributed by atoms with Gasteiger partial charge in [-0.2, -0.15) is 0 Å². The van der Waals surface area contributed by atoms with Crippen LogP contribution >= 0.6 is 11.6 Å². The first-order valence-electron chi connectivity index (χ1n) is 6.00. The number of aryl methyl sites for hydroxylation is 2. The zero-order valence-electron chi connectivity index (χ0n) is 10.2. The first-order chi connectivity index (χ1) is 7.69. The molecule has 0 amide bonds. The van der Waals surface area contributed by atoms with Gasteiger partial charge in [0.05, 0.1) is 0 Å². The average molecular weight is 245 g/mol. The number of rotatable bonds is 7. The van der Waals surface area contributed by atoms with E-state index in [2.05, 4.69) is 13.8 Å². The molecule has 0 saturated heterocycles. The molecule has 1 heterocycles. The number of halogens is 1. The highest BCUT2D eigenvalue weighted by Gasteiger charge is 2.05. The fourth-order valence-electron chi connectivity index (χ4n) is 1.72. The van der Waals surface area contributed by atoms with Gasteiger partial charge in [0.15, 0.2) is 0 Å².